The van der Waals surface area contributed by atoms with Gasteiger partial charge in [-0.05, 0) is 19.9 Å². The Labute approximate surface area is 134 Å². The summed E-state index contributed by atoms with van der Waals surface area (Å²) in [4.78, 5) is 24.1. The van der Waals surface area contributed by atoms with Gasteiger partial charge in [-0.1, -0.05) is 18.2 Å². The Morgan fingerprint density at radius 2 is 1.83 bits per heavy atom. The first-order chi connectivity index (χ1) is 10.8. The first-order valence-corrected chi connectivity index (χ1v) is 7.17. The van der Waals surface area contributed by atoms with Crippen molar-refractivity contribution >= 4 is 17.7 Å². The van der Waals surface area contributed by atoms with Crippen molar-refractivity contribution in [3.05, 3.63) is 41.0 Å². The Morgan fingerprint density at radius 1 is 1.22 bits per heavy atom. The topological polar surface area (TPSA) is 82.1 Å². The van der Waals surface area contributed by atoms with Gasteiger partial charge in [-0.15, -0.1) is 0 Å². The van der Waals surface area contributed by atoms with E-state index in [2.05, 4.69) is 0 Å². The molecule has 1 aliphatic heterocycles. The number of esters is 2. The molecule has 0 unspecified atom stereocenters. The zero-order valence-electron chi connectivity index (χ0n) is 13.6. The van der Waals surface area contributed by atoms with Gasteiger partial charge in [0.1, 0.15) is 11.9 Å². The molecule has 6 heteroatoms. The number of carbonyl (C=O) groups is 2. The van der Waals surface area contributed by atoms with Gasteiger partial charge in [0.25, 0.3) is 0 Å². The van der Waals surface area contributed by atoms with E-state index < -0.39 is 23.6 Å². The lowest BCUT2D eigenvalue weighted by Crippen LogP contribution is -2.35. The van der Waals surface area contributed by atoms with Gasteiger partial charge in [0, 0.05) is 12.0 Å². The molecule has 0 radical (unpaired) electrons. The molecule has 6 nitrogen and oxygen atoms in total. The highest BCUT2D eigenvalue weighted by Crippen LogP contribution is 2.34. The maximum Gasteiger partial charge on any atom is 0.338 e. The maximum atomic E-state index is 12.2. The summed E-state index contributed by atoms with van der Waals surface area (Å²) < 4.78 is 15.4. The minimum absolute atomic E-state index is 0.195. The molecule has 1 fully saturated rings. The van der Waals surface area contributed by atoms with Crippen molar-refractivity contribution in [3.63, 3.8) is 0 Å². The quantitative estimate of drug-likeness (QED) is 0.518. The van der Waals surface area contributed by atoms with Crippen molar-refractivity contribution in [1.82, 2.24) is 0 Å². The number of aliphatic hydroxyl groups is 1. The molecule has 1 heterocycles. The number of methoxy groups -OCH3 is 2. The predicted molar refractivity (Wildman–Crippen MR) is 82.5 cm³/mol. The number of rotatable bonds is 4. The molecule has 124 valence electrons. The molecule has 0 aromatic heterocycles. The zero-order valence-corrected chi connectivity index (χ0v) is 13.6. The average Bonchev–Trinajstić information content (AvgIpc) is 2.90. The Hall–Kier alpha value is -2.34. The molecule has 1 atom stereocenters. The van der Waals surface area contributed by atoms with Gasteiger partial charge in [0.05, 0.1) is 31.0 Å². The van der Waals surface area contributed by atoms with E-state index in [9.17, 15) is 14.7 Å². The molecular weight excluding hydrogens is 300 g/mol. The van der Waals surface area contributed by atoms with E-state index in [1.165, 1.54) is 14.2 Å². The molecule has 1 aromatic carbocycles. The number of carbonyl (C=O) groups excluding carboxylic acids is 2. The minimum Gasteiger partial charge on any atom is -0.496 e. The normalized spacial score (nSPS) is 20.0. The summed E-state index contributed by atoms with van der Waals surface area (Å²) >= 11 is 0. The van der Waals surface area contributed by atoms with Gasteiger partial charge >= 0.3 is 11.9 Å². The Balaban J connectivity index is 2.52. The van der Waals surface area contributed by atoms with Crippen LogP contribution in [0.4, 0.5) is 0 Å². The van der Waals surface area contributed by atoms with Gasteiger partial charge < -0.3 is 19.3 Å². The average molecular weight is 320 g/mol. The van der Waals surface area contributed by atoms with Crippen LogP contribution in [-0.2, 0) is 19.0 Å². The van der Waals surface area contributed by atoms with Gasteiger partial charge in [-0.25, -0.2) is 9.59 Å². The Morgan fingerprint density at radius 3 is 2.30 bits per heavy atom. The smallest absolute Gasteiger partial charge is 0.338 e. The molecular formula is C17H20O6. The number of cyclic esters (lactones) is 1. The summed E-state index contributed by atoms with van der Waals surface area (Å²) in [6, 6.07) is 6.69. The second-order valence-electron chi connectivity index (χ2n) is 5.80. The van der Waals surface area contributed by atoms with Crippen LogP contribution in [-0.4, -0.2) is 43.0 Å². The van der Waals surface area contributed by atoms with Crippen molar-refractivity contribution < 1.29 is 28.9 Å². The summed E-state index contributed by atoms with van der Waals surface area (Å²) in [5.41, 5.74) is -0.141. The van der Waals surface area contributed by atoms with Crippen molar-refractivity contribution in [1.29, 1.82) is 0 Å². The minimum atomic E-state index is -1.17. The summed E-state index contributed by atoms with van der Waals surface area (Å²) in [7, 11) is 2.70. The van der Waals surface area contributed by atoms with Crippen molar-refractivity contribution in [2.24, 2.45) is 0 Å². The summed E-state index contributed by atoms with van der Waals surface area (Å²) in [5, 5.41) is 10.0. The fourth-order valence-corrected chi connectivity index (χ4v) is 2.45. The van der Waals surface area contributed by atoms with E-state index in [4.69, 9.17) is 14.2 Å². The van der Waals surface area contributed by atoms with Crippen LogP contribution in [0.15, 0.2) is 29.8 Å². The van der Waals surface area contributed by atoms with Gasteiger partial charge in [-0.3, -0.25) is 0 Å². The fourth-order valence-electron chi connectivity index (χ4n) is 2.45. The number of hydrogen-bond donors (Lipinski definition) is 1. The van der Waals surface area contributed by atoms with Crippen molar-refractivity contribution in [2.75, 3.05) is 14.2 Å². The standard InChI is InChI=1S/C17H20O6/c1-17(2,20)13-9-12(16(19)23-13)14(21-3)10-7-5-6-8-11(10)15(18)22-4/h5-8,13,20H,9H2,1-4H3/t13-/m0/s1. The number of ether oxygens (including phenoxy) is 3. The van der Waals surface area contributed by atoms with E-state index in [1.807, 2.05) is 0 Å². The third-order valence-electron chi connectivity index (χ3n) is 3.73. The fraction of sp³-hybridized carbons (Fsp3) is 0.412. The monoisotopic (exact) mass is 320 g/mol. The van der Waals surface area contributed by atoms with Crippen LogP contribution >= 0.6 is 0 Å². The van der Waals surface area contributed by atoms with Crippen LogP contribution in [0.5, 0.6) is 0 Å². The van der Waals surface area contributed by atoms with Crippen molar-refractivity contribution in [2.45, 2.75) is 32.0 Å². The van der Waals surface area contributed by atoms with Crippen LogP contribution in [0.25, 0.3) is 5.76 Å². The molecule has 2 rings (SSSR count). The third kappa shape index (κ3) is 3.37. The maximum absolute atomic E-state index is 12.2. The molecule has 0 bridgehead atoms. The van der Waals surface area contributed by atoms with Crippen LogP contribution in [0, 0.1) is 0 Å². The summed E-state index contributed by atoms with van der Waals surface area (Å²) in [6.45, 7) is 3.14. The summed E-state index contributed by atoms with van der Waals surface area (Å²) in [6.07, 6.45) is -0.471. The van der Waals surface area contributed by atoms with Gasteiger partial charge in [0.2, 0.25) is 0 Å². The molecule has 0 aliphatic carbocycles. The van der Waals surface area contributed by atoms with Crippen molar-refractivity contribution in [3.8, 4) is 0 Å². The lowest BCUT2D eigenvalue weighted by molar-refractivity contribution is -0.148. The number of benzene rings is 1. The third-order valence-corrected chi connectivity index (χ3v) is 3.73. The molecule has 1 aromatic rings. The lowest BCUT2D eigenvalue weighted by atomic mass is 9.95. The SMILES string of the molecule is COC(=O)c1ccccc1C(OC)=C1C[C@@H](C(C)(C)O)OC1=O. The second kappa shape index (κ2) is 6.42. The zero-order chi connectivity index (χ0) is 17.2. The van der Waals surface area contributed by atoms with E-state index in [0.717, 1.165) is 0 Å². The lowest BCUT2D eigenvalue weighted by Gasteiger charge is -2.23. The highest BCUT2D eigenvalue weighted by molar-refractivity contribution is 6.02. The Bertz CT molecular complexity index is 653. The molecule has 1 aliphatic rings. The highest BCUT2D eigenvalue weighted by atomic mass is 16.6. The molecule has 0 spiro atoms. The van der Waals surface area contributed by atoms with Gasteiger partial charge in [-0.2, -0.15) is 0 Å². The van der Waals surface area contributed by atoms with E-state index in [-0.39, 0.29) is 17.8 Å². The van der Waals surface area contributed by atoms with E-state index in [0.29, 0.717) is 11.1 Å². The van der Waals surface area contributed by atoms with Crippen LogP contribution in [0.2, 0.25) is 0 Å². The second-order valence-corrected chi connectivity index (χ2v) is 5.80. The van der Waals surface area contributed by atoms with E-state index in [1.54, 1.807) is 38.1 Å². The Kier molecular flexibility index (Phi) is 4.75. The van der Waals surface area contributed by atoms with Gasteiger partial charge in [0.15, 0.2) is 0 Å². The predicted octanol–water partition coefficient (Wildman–Crippen LogP) is 1.92. The molecule has 23 heavy (non-hydrogen) atoms. The van der Waals surface area contributed by atoms with E-state index >= 15 is 0 Å². The first kappa shape index (κ1) is 17.0. The summed E-state index contributed by atoms with van der Waals surface area (Å²) in [5.74, 6) is -0.836. The first-order valence-electron chi connectivity index (χ1n) is 7.17. The van der Waals surface area contributed by atoms with Crippen LogP contribution < -0.4 is 0 Å². The molecule has 1 N–H and O–H groups in total. The molecule has 1 saturated heterocycles. The highest BCUT2D eigenvalue weighted by Gasteiger charge is 2.41. The van der Waals surface area contributed by atoms with Crippen LogP contribution in [0.3, 0.4) is 0 Å². The largest absolute Gasteiger partial charge is 0.496 e. The molecule has 0 saturated carbocycles. The van der Waals surface area contributed by atoms with Crippen LogP contribution in [0.1, 0.15) is 36.2 Å². The molecule has 0 amide bonds. The number of hydrogen-bond acceptors (Lipinski definition) is 6.